The summed E-state index contributed by atoms with van der Waals surface area (Å²) in [7, 11) is 0. The number of carbonyl (C=O) groups is 1. The predicted octanol–water partition coefficient (Wildman–Crippen LogP) is 2.92. The van der Waals surface area contributed by atoms with Crippen molar-refractivity contribution in [3.63, 3.8) is 0 Å². The molecule has 0 bridgehead atoms. The van der Waals surface area contributed by atoms with Gasteiger partial charge in [-0.05, 0) is 6.92 Å². The molecule has 4 heteroatoms. The van der Waals surface area contributed by atoms with Crippen LogP contribution < -0.4 is 0 Å². The van der Waals surface area contributed by atoms with E-state index in [-0.39, 0.29) is 5.97 Å². The minimum atomic E-state index is -0.198. The summed E-state index contributed by atoms with van der Waals surface area (Å²) in [4.78, 5) is 16.6. The lowest BCUT2D eigenvalue weighted by Gasteiger charge is -1.98. The molecule has 0 aliphatic heterocycles. The van der Waals surface area contributed by atoms with E-state index in [1.54, 1.807) is 13.1 Å². The molecule has 1 aromatic carbocycles. The highest BCUT2D eigenvalue weighted by Crippen LogP contribution is 2.25. The molecular formula is C13H13NO2S. The Balaban J connectivity index is 2.09. The summed E-state index contributed by atoms with van der Waals surface area (Å²) in [6.45, 7) is 2.23. The number of benzene rings is 1. The first kappa shape index (κ1) is 11.8. The molecular weight excluding hydrogens is 234 g/mol. The van der Waals surface area contributed by atoms with Gasteiger partial charge in [-0.2, -0.15) is 0 Å². The lowest BCUT2D eigenvalue weighted by molar-refractivity contribution is -0.142. The Bertz CT molecular complexity index is 493. The second-order valence-corrected chi connectivity index (χ2v) is 4.59. The van der Waals surface area contributed by atoms with Crippen molar-refractivity contribution in [2.75, 3.05) is 6.61 Å². The van der Waals surface area contributed by atoms with E-state index < -0.39 is 0 Å². The number of ether oxygens (including phenoxy) is 1. The fourth-order valence-electron chi connectivity index (χ4n) is 1.46. The van der Waals surface area contributed by atoms with Crippen molar-refractivity contribution in [2.45, 2.75) is 13.3 Å². The number of hydrogen-bond donors (Lipinski definition) is 0. The largest absolute Gasteiger partial charge is 0.466 e. The number of carbonyl (C=O) groups excluding carboxylic acids is 1. The number of hydrogen-bond acceptors (Lipinski definition) is 4. The summed E-state index contributed by atoms with van der Waals surface area (Å²) in [6.07, 6.45) is 2.04. The van der Waals surface area contributed by atoms with Crippen LogP contribution in [0.3, 0.4) is 0 Å². The zero-order chi connectivity index (χ0) is 12.1. The Labute approximate surface area is 104 Å². The maximum Gasteiger partial charge on any atom is 0.311 e. The molecule has 0 saturated carbocycles. The molecule has 1 heterocycles. The summed E-state index contributed by atoms with van der Waals surface area (Å²) in [6, 6.07) is 9.93. The Morgan fingerprint density at radius 3 is 2.82 bits per heavy atom. The van der Waals surface area contributed by atoms with Crippen molar-refractivity contribution < 1.29 is 9.53 Å². The summed E-state index contributed by atoms with van der Waals surface area (Å²) in [5.41, 5.74) is 1.08. The Morgan fingerprint density at radius 2 is 2.12 bits per heavy atom. The van der Waals surface area contributed by atoms with Crippen molar-refractivity contribution in [2.24, 2.45) is 0 Å². The predicted molar refractivity (Wildman–Crippen MR) is 67.9 cm³/mol. The summed E-state index contributed by atoms with van der Waals surface area (Å²) < 4.78 is 4.90. The molecule has 3 nitrogen and oxygen atoms in total. The van der Waals surface area contributed by atoms with Crippen LogP contribution in [0.25, 0.3) is 10.6 Å². The second-order valence-electron chi connectivity index (χ2n) is 3.48. The zero-order valence-corrected chi connectivity index (χ0v) is 10.4. The van der Waals surface area contributed by atoms with E-state index in [0.717, 1.165) is 15.4 Å². The Morgan fingerprint density at radius 1 is 1.35 bits per heavy atom. The van der Waals surface area contributed by atoms with Crippen LogP contribution in [0.5, 0.6) is 0 Å². The molecule has 0 fully saturated rings. The molecule has 0 aliphatic carbocycles. The average molecular weight is 247 g/mol. The fraction of sp³-hybridized carbons (Fsp3) is 0.231. The molecule has 17 heavy (non-hydrogen) atoms. The molecule has 0 amide bonds. The second kappa shape index (κ2) is 5.59. The number of rotatable bonds is 4. The SMILES string of the molecule is CCOC(=O)Cc1cnc(-c2ccccc2)s1. The maximum absolute atomic E-state index is 11.3. The van der Waals surface area contributed by atoms with Gasteiger partial charge in [-0.3, -0.25) is 4.79 Å². The Kier molecular flexibility index (Phi) is 3.88. The van der Waals surface area contributed by atoms with Gasteiger partial charge in [-0.25, -0.2) is 4.98 Å². The van der Waals surface area contributed by atoms with Crippen LogP contribution in [0, 0.1) is 0 Å². The summed E-state index contributed by atoms with van der Waals surface area (Å²) in [5, 5.41) is 0.935. The van der Waals surface area contributed by atoms with E-state index in [9.17, 15) is 4.79 Å². The third kappa shape index (κ3) is 3.14. The first-order valence-corrected chi connectivity index (χ1v) is 6.27. The lowest BCUT2D eigenvalue weighted by atomic mass is 10.2. The molecule has 0 spiro atoms. The van der Waals surface area contributed by atoms with Gasteiger partial charge in [-0.15, -0.1) is 11.3 Å². The normalized spacial score (nSPS) is 10.2. The van der Waals surface area contributed by atoms with Crippen molar-refractivity contribution >= 4 is 17.3 Å². The van der Waals surface area contributed by atoms with Gasteiger partial charge in [0.05, 0.1) is 13.0 Å². The quantitative estimate of drug-likeness (QED) is 0.780. The van der Waals surface area contributed by atoms with E-state index >= 15 is 0 Å². The maximum atomic E-state index is 11.3. The molecule has 0 unspecified atom stereocenters. The first-order valence-electron chi connectivity index (χ1n) is 5.45. The molecule has 88 valence electrons. The minimum Gasteiger partial charge on any atom is -0.466 e. The van der Waals surface area contributed by atoms with Gasteiger partial charge < -0.3 is 4.74 Å². The lowest BCUT2D eigenvalue weighted by Crippen LogP contribution is -2.06. The van der Waals surface area contributed by atoms with E-state index in [4.69, 9.17) is 4.74 Å². The summed E-state index contributed by atoms with van der Waals surface area (Å²) in [5.74, 6) is -0.198. The van der Waals surface area contributed by atoms with Gasteiger partial charge in [0, 0.05) is 16.6 Å². The van der Waals surface area contributed by atoms with Crippen molar-refractivity contribution in [3.8, 4) is 10.6 Å². The molecule has 2 aromatic rings. The number of esters is 1. The topological polar surface area (TPSA) is 39.2 Å². The van der Waals surface area contributed by atoms with E-state index in [1.165, 1.54) is 11.3 Å². The van der Waals surface area contributed by atoms with Crippen molar-refractivity contribution in [1.29, 1.82) is 0 Å². The number of thiazole rings is 1. The molecule has 0 saturated heterocycles. The van der Waals surface area contributed by atoms with Crippen LogP contribution in [0.4, 0.5) is 0 Å². The molecule has 1 aromatic heterocycles. The highest BCUT2D eigenvalue weighted by molar-refractivity contribution is 7.15. The summed E-state index contributed by atoms with van der Waals surface area (Å²) >= 11 is 1.53. The molecule has 0 aliphatic rings. The van der Waals surface area contributed by atoms with Crippen molar-refractivity contribution in [3.05, 3.63) is 41.4 Å². The van der Waals surface area contributed by atoms with Crippen LogP contribution in [0.1, 0.15) is 11.8 Å². The third-order valence-corrected chi connectivity index (χ3v) is 3.24. The zero-order valence-electron chi connectivity index (χ0n) is 9.55. The Hall–Kier alpha value is -1.68. The highest BCUT2D eigenvalue weighted by atomic mass is 32.1. The fourth-order valence-corrected chi connectivity index (χ4v) is 2.36. The van der Waals surface area contributed by atoms with Crippen LogP contribution >= 0.6 is 11.3 Å². The van der Waals surface area contributed by atoms with Gasteiger partial charge in [0.2, 0.25) is 0 Å². The van der Waals surface area contributed by atoms with Gasteiger partial charge in [0.1, 0.15) is 5.01 Å². The van der Waals surface area contributed by atoms with Crippen molar-refractivity contribution in [1.82, 2.24) is 4.98 Å². The van der Waals surface area contributed by atoms with Gasteiger partial charge in [0.15, 0.2) is 0 Å². The highest BCUT2D eigenvalue weighted by Gasteiger charge is 2.08. The number of nitrogens with zero attached hydrogens (tertiary/aromatic N) is 1. The smallest absolute Gasteiger partial charge is 0.311 e. The van der Waals surface area contributed by atoms with Crippen LogP contribution in [0.2, 0.25) is 0 Å². The van der Waals surface area contributed by atoms with Gasteiger partial charge in [-0.1, -0.05) is 30.3 Å². The number of aromatic nitrogens is 1. The van der Waals surface area contributed by atoms with E-state index in [2.05, 4.69) is 4.98 Å². The van der Waals surface area contributed by atoms with Gasteiger partial charge >= 0.3 is 5.97 Å². The molecule has 0 N–H and O–H groups in total. The monoisotopic (exact) mass is 247 g/mol. The van der Waals surface area contributed by atoms with Crippen LogP contribution in [-0.2, 0) is 16.0 Å². The van der Waals surface area contributed by atoms with E-state index in [1.807, 2.05) is 30.3 Å². The first-order chi connectivity index (χ1) is 8.29. The third-order valence-electron chi connectivity index (χ3n) is 2.20. The van der Waals surface area contributed by atoms with Crippen LogP contribution in [0.15, 0.2) is 36.5 Å². The minimum absolute atomic E-state index is 0.198. The molecule has 0 radical (unpaired) electrons. The van der Waals surface area contributed by atoms with Crippen LogP contribution in [-0.4, -0.2) is 17.6 Å². The average Bonchev–Trinajstić information content (AvgIpc) is 2.79. The van der Waals surface area contributed by atoms with E-state index in [0.29, 0.717) is 13.0 Å². The standard InChI is InChI=1S/C13H13NO2S/c1-2-16-12(15)8-11-9-14-13(17-11)10-6-4-3-5-7-10/h3-7,9H,2,8H2,1H3. The van der Waals surface area contributed by atoms with Gasteiger partial charge in [0.25, 0.3) is 0 Å². The molecule has 2 rings (SSSR count). The molecule has 0 atom stereocenters.